The summed E-state index contributed by atoms with van der Waals surface area (Å²) in [4.78, 5) is 18.0. The number of phenolic OH excluding ortho intramolecular Hbond substituents is 1. The number of thioether (sulfide) groups is 1. The third-order valence-electron chi connectivity index (χ3n) is 4.57. The predicted octanol–water partition coefficient (Wildman–Crippen LogP) is 4.24. The van der Waals surface area contributed by atoms with Crippen molar-refractivity contribution in [3.05, 3.63) is 54.1 Å². The van der Waals surface area contributed by atoms with E-state index < -0.39 is 0 Å². The molecule has 144 valence electrons. The number of para-hydroxylation sites is 1. The Morgan fingerprint density at radius 1 is 1.11 bits per heavy atom. The smallest absolute Gasteiger partial charge is 0.321 e. The summed E-state index contributed by atoms with van der Waals surface area (Å²) in [6.45, 7) is 6.01. The van der Waals surface area contributed by atoms with E-state index in [4.69, 9.17) is 0 Å². The molecule has 1 fully saturated rings. The largest absolute Gasteiger partial charge is 0.508 e. The van der Waals surface area contributed by atoms with E-state index in [1.54, 1.807) is 23.9 Å². The molecular formula is C21H27N3O2S. The number of nitrogens with one attached hydrogen (secondary N) is 1. The van der Waals surface area contributed by atoms with E-state index in [1.165, 1.54) is 0 Å². The third-order valence-corrected chi connectivity index (χ3v) is 5.85. The van der Waals surface area contributed by atoms with Crippen molar-refractivity contribution in [3.8, 4) is 5.75 Å². The second kappa shape index (κ2) is 9.67. The molecule has 0 radical (unpaired) electrons. The summed E-state index contributed by atoms with van der Waals surface area (Å²) < 4.78 is 0. The third kappa shape index (κ3) is 5.65. The number of rotatable bonds is 6. The van der Waals surface area contributed by atoms with Crippen molar-refractivity contribution in [1.82, 2.24) is 9.80 Å². The average molecular weight is 386 g/mol. The molecule has 2 amide bonds. The second-order valence-electron chi connectivity index (χ2n) is 6.71. The molecule has 1 saturated heterocycles. The van der Waals surface area contributed by atoms with Crippen molar-refractivity contribution in [2.45, 2.75) is 24.8 Å². The van der Waals surface area contributed by atoms with E-state index >= 15 is 0 Å². The van der Waals surface area contributed by atoms with Crippen molar-refractivity contribution in [1.29, 1.82) is 0 Å². The van der Waals surface area contributed by atoms with Crippen LogP contribution in [0.25, 0.3) is 0 Å². The molecule has 1 aliphatic rings. The van der Waals surface area contributed by atoms with Gasteiger partial charge in [-0.25, -0.2) is 4.79 Å². The Morgan fingerprint density at radius 3 is 2.63 bits per heavy atom. The summed E-state index contributed by atoms with van der Waals surface area (Å²) in [5.74, 6) is 1.34. The van der Waals surface area contributed by atoms with Crippen LogP contribution < -0.4 is 5.32 Å². The molecule has 2 aromatic carbocycles. The van der Waals surface area contributed by atoms with Crippen molar-refractivity contribution < 1.29 is 9.90 Å². The Balaban J connectivity index is 1.51. The number of hydrogen-bond acceptors (Lipinski definition) is 4. The maximum Gasteiger partial charge on any atom is 0.321 e. The van der Waals surface area contributed by atoms with Crippen LogP contribution in [0.5, 0.6) is 5.75 Å². The van der Waals surface area contributed by atoms with Gasteiger partial charge in [-0.05, 0) is 42.0 Å². The Hall–Kier alpha value is -2.18. The lowest BCUT2D eigenvalue weighted by Crippen LogP contribution is -2.49. The minimum Gasteiger partial charge on any atom is -0.508 e. The van der Waals surface area contributed by atoms with Crippen LogP contribution in [0.1, 0.15) is 18.9 Å². The highest BCUT2D eigenvalue weighted by molar-refractivity contribution is 7.99. The SMILES string of the molecule is CCCSc1ccccc1NC(=O)N1CCN(Cc2cccc(O)c2)CC1. The fourth-order valence-electron chi connectivity index (χ4n) is 3.12. The fraction of sp³-hybridized carbons (Fsp3) is 0.381. The highest BCUT2D eigenvalue weighted by atomic mass is 32.2. The van der Waals surface area contributed by atoms with Crippen LogP contribution in [0.2, 0.25) is 0 Å². The van der Waals surface area contributed by atoms with Gasteiger partial charge in [0.25, 0.3) is 0 Å². The number of amides is 2. The molecule has 0 spiro atoms. The van der Waals surface area contributed by atoms with E-state index in [1.807, 2.05) is 35.2 Å². The van der Waals surface area contributed by atoms with Gasteiger partial charge in [0.1, 0.15) is 5.75 Å². The van der Waals surface area contributed by atoms with E-state index in [0.717, 1.165) is 48.0 Å². The highest BCUT2D eigenvalue weighted by Crippen LogP contribution is 2.27. The quantitative estimate of drug-likeness (QED) is 0.730. The first-order chi connectivity index (χ1) is 13.2. The van der Waals surface area contributed by atoms with Crippen LogP contribution >= 0.6 is 11.8 Å². The molecule has 3 rings (SSSR count). The zero-order chi connectivity index (χ0) is 19.1. The molecule has 5 nitrogen and oxygen atoms in total. The molecule has 1 heterocycles. The number of carbonyl (C=O) groups is 1. The predicted molar refractivity (Wildman–Crippen MR) is 111 cm³/mol. The molecule has 0 aromatic heterocycles. The van der Waals surface area contributed by atoms with Crippen LogP contribution in [0.15, 0.2) is 53.4 Å². The second-order valence-corrected chi connectivity index (χ2v) is 7.84. The Bertz CT molecular complexity index is 761. The summed E-state index contributed by atoms with van der Waals surface area (Å²) in [6, 6.07) is 15.3. The van der Waals surface area contributed by atoms with E-state index in [-0.39, 0.29) is 6.03 Å². The molecular weight excluding hydrogens is 358 g/mol. The Labute approximate surface area is 165 Å². The van der Waals surface area contributed by atoms with E-state index in [9.17, 15) is 9.90 Å². The standard InChI is InChI=1S/C21H27N3O2S/c1-2-14-27-20-9-4-3-8-19(20)22-21(26)24-12-10-23(11-13-24)16-17-6-5-7-18(25)15-17/h3-9,15,25H,2,10-14,16H2,1H3,(H,22,26). The molecule has 6 heteroatoms. The number of aromatic hydroxyl groups is 1. The fourth-order valence-corrected chi connectivity index (χ4v) is 4.00. The number of phenols is 1. The van der Waals surface area contributed by atoms with E-state index in [0.29, 0.717) is 18.8 Å². The molecule has 27 heavy (non-hydrogen) atoms. The number of benzene rings is 2. The first-order valence-electron chi connectivity index (χ1n) is 9.43. The monoisotopic (exact) mass is 385 g/mol. The number of hydrogen-bond donors (Lipinski definition) is 2. The number of nitrogens with zero attached hydrogens (tertiary/aromatic N) is 2. The molecule has 0 atom stereocenters. The van der Waals surface area contributed by atoms with Gasteiger partial charge in [0, 0.05) is 37.6 Å². The minimum atomic E-state index is -0.0310. The maximum atomic E-state index is 12.7. The lowest BCUT2D eigenvalue weighted by molar-refractivity contribution is 0.143. The topological polar surface area (TPSA) is 55.8 Å². The summed E-state index contributed by atoms with van der Waals surface area (Å²) in [6.07, 6.45) is 1.11. The molecule has 0 bridgehead atoms. The first-order valence-corrected chi connectivity index (χ1v) is 10.4. The zero-order valence-electron chi connectivity index (χ0n) is 15.7. The van der Waals surface area contributed by atoms with E-state index in [2.05, 4.69) is 23.2 Å². The summed E-state index contributed by atoms with van der Waals surface area (Å²) >= 11 is 1.78. The Kier molecular flexibility index (Phi) is 7.01. The van der Waals surface area contributed by atoms with Gasteiger partial charge >= 0.3 is 6.03 Å². The van der Waals surface area contributed by atoms with Gasteiger partial charge in [-0.15, -0.1) is 11.8 Å². The zero-order valence-corrected chi connectivity index (χ0v) is 16.5. The number of carbonyl (C=O) groups excluding carboxylic acids is 1. The number of urea groups is 1. The summed E-state index contributed by atoms with van der Waals surface area (Å²) in [5, 5.41) is 12.7. The van der Waals surface area contributed by atoms with Gasteiger partial charge in [0.15, 0.2) is 0 Å². The van der Waals surface area contributed by atoms with Crippen LogP contribution in [-0.2, 0) is 6.54 Å². The normalized spacial score (nSPS) is 14.9. The van der Waals surface area contributed by atoms with Gasteiger partial charge in [0.2, 0.25) is 0 Å². The lowest BCUT2D eigenvalue weighted by atomic mass is 10.2. The van der Waals surface area contributed by atoms with Crippen LogP contribution in [0.4, 0.5) is 10.5 Å². The molecule has 0 aliphatic carbocycles. The van der Waals surface area contributed by atoms with Gasteiger partial charge in [-0.3, -0.25) is 4.90 Å². The van der Waals surface area contributed by atoms with Crippen molar-refractivity contribution >= 4 is 23.5 Å². The molecule has 2 N–H and O–H groups in total. The molecule has 1 aliphatic heterocycles. The Morgan fingerprint density at radius 2 is 1.89 bits per heavy atom. The summed E-state index contributed by atoms with van der Waals surface area (Å²) in [7, 11) is 0. The van der Waals surface area contributed by atoms with Gasteiger partial charge in [0.05, 0.1) is 5.69 Å². The van der Waals surface area contributed by atoms with Gasteiger partial charge in [-0.1, -0.05) is 31.2 Å². The van der Waals surface area contributed by atoms with Crippen LogP contribution in [0, 0.1) is 0 Å². The van der Waals surface area contributed by atoms with Gasteiger partial charge in [-0.2, -0.15) is 0 Å². The summed E-state index contributed by atoms with van der Waals surface area (Å²) in [5.41, 5.74) is 1.98. The first kappa shape index (κ1) is 19.6. The van der Waals surface area contributed by atoms with Crippen molar-refractivity contribution in [2.75, 3.05) is 37.2 Å². The number of piperazine rings is 1. The maximum absolute atomic E-state index is 12.7. The average Bonchev–Trinajstić information content (AvgIpc) is 2.68. The van der Waals surface area contributed by atoms with Crippen LogP contribution in [0.3, 0.4) is 0 Å². The minimum absolute atomic E-state index is 0.0310. The highest BCUT2D eigenvalue weighted by Gasteiger charge is 2.21. The molecule has 0 unspecified atom stereocenters. The van der Waals surface area contributed by atoms with Crippen molar-refractivity contribution in [2.24, 2.45) is 0 Å². The molecule has 2 aromatic rings. The molecule has 0 saturated carbocycles. The van der Waals surface area contributed by atoms with Crippen LogP contribution in [-0.4, -0.2) is 52.9 Å². The van der Waals surface area contributed by atoms with Crippen molar-refractivity contribution in [3.63, 3.8) is 0 Å². The van der Waals surface area contributed by atoms with Gasteiger partial charge < -0.3 is 15.3 Å². The lowest BCUT2D eigenvalue weighted by Gasteiger charge is -2.34. The number of anilines is 1.